The second-order valence-electron chi connectivity index (χ2n) is 10.0. The molecule has 12 heteroatoms. The fraction of sp³-hybridized carbons (Fsp3) is 0.600. The van der Waals surface area contributed by atoms with Crippen molar-refractivity contribution < 1.29 is 47.5 Å². The monoisotopic (exact) mass is 538 g/mol. The Morgan fingerprint density at radius 2 is 1.81 bits per heavy atom. The number of carbonyl (C=O) groups is 1. The number of likely N-dealkylation sites (tertiary alicyclic amines) is 1. The van der Waals surface area contributed by atoms with Crippen LogP contribution < -0.4 is 39.2 Å². The largest absolute Gasteiger partial charge is 1.00 e. The number of piperidine rings is 1. The summed E-state index contributed by atoms with van der Waals surface area (Å²) >= 11 is 0. The molecule has 0 atom stereocenters. The van der Waals surface area contributed by atoms with Crippen LogP contribution in [0, 0.1) is 0 Å². The first-order chi connectivity index (χ1) is 17.4. The summed E-state index contributed by atoms with van der Waals surface area (Å²) in [6, 6.07) is 1.14. The molecule has 37 heavy (non-hydrogen) atoms. The quantitative estimate of drug-likeness (QED) is 0.483. The Hall–Kier alpha value is -1.63. The third-order valence-electron chi connectivity index (χ3n) is 7.57. The Labute approximate surface area is 241 Å². The molecule has 0 unspecified atom stereocenters. The number of rotatable bonds is 8. The topological polar surface area (TPSA) is 111 Å². The first kappa shape index (κ1) is 28.4. The minimum absolute atomic E-state index is 0. The van der Waals surface area contributed by atoms with E-state index in [4.69, 9.17) is 4.74 Å². The van der Waals surface area contributed by atoms with E-state index in [1.54, 1.807) is 18.0 Å². The molecule has 1 aliphatic heterocycles. The van der Waals surface area contributed by atoms with E-state index in [0.717, 1.165) is 68.4 Å². The molecule has 1 aromatic heterocycles. The Bertz CT molecular complexity index is 1190. The van der Waals surface area contributed by atoms with E-state index < -0.39 is 16.2 Å². The number of amides is 2. The minimum atomic E-state index is -4.30. The number of ether oxygens (including phenoxy) is 1. The van der Waals surface area contributed by atoms with Crippen LogP contribution in [0.1, 0.15) is 47.9 Å². The molecular formula is C25H35N6NaO4S. The predicted molar refractivity (Wildman–Crippen MR) is 139 cm³/mol. The van der Waals surface area contributed by atoms with E-state index in [1.807, 2.05) is 7.05 Å². The molecule has 2 amide bonds. The summed E-state index contributed by atoms with van der Waals surface area (Å²) in [6.45, 7) is 2.49. The number of nitrogens with one attached hydrogen (secondary N) is 1. The molecule has 10 nitrogen and oxygen atoms in total. The van der Waals surface area contributed by atoms with Crippen LogP contribution in [0.15, 0.2) is 18.5 Å². The summed E-state index contributed by atoms with van der Waals surface area (Å²) in [5.74, 6) is 0. The minimum Gasteiger partial charge on any atom is -0.423 e. The van der Waals surface area contributed by atoms with E-state index in [1.165, 1.54) is 21.6 Å². The maximum Gasteiger partial charge on any atom is 1.00 e. The average Bonchev–Trinajstić information content (AvgIpc) is 3.59. The van der Waals surface area contributed by atoms with Gasteiger partial charge < -0.3 is 19.7 Å². The zero-order valence-corrected chi connectivity index (χ0v) is 24.9. The van der Waals surface area contributed by atoms with Crippen LogP contribution in [-0.2, 0) is 47.2 Å². The van der Waals surface area contributed by atoms with Crippen LogP contribution in [0.2, 0.25) is 0 Å². The molecule has 2 heterocycles. The normalized spacial score (nSPS) is 17.7. The summed E-state index contributed by atoms with van der Waals surface area (Å²) in [7, 11) is -0.678. The van der Waals surface area contributed by atoms with Gasteiger partial charge in [-0.3, -0.25) is 13.8 Å². The maximum absolute atomic E-state index is 13.6. The molecule has 0 radical (unpaired) electrons. The van der Waals surface area contributed by atoms with Gasteiger partial charge in [0.2, 0.25) is 0 Å². The van der Waals surface area contributed by atoms with Crippen LogP contribution in [0.25, 0.3) is 4.72 Å². The zero-order chi connectivity index (χ0) is 25.3. The first-order valence-corrected chi connectivity index (χ1v) is 14.2. The zero-order valence-electron chi connectivity index (χ0n) is 22.1. The van der Waals surface area contributed by atoms with Crippen LogP contribution >= 0.6 is 0 Å². The molecular weight excluding hydrogens is 503 g/mol. The van der Waals surface area contributed by atoms with Gasteiger partial charge in [-0.1, -0.05) is 6.07 Å². The molecule has 1 N–H and O–H groups in total. The van der Waals surface area contributed by atoms with Crippen LogP contribution in [-0.4, -0.2) is 69.0 Å². The number of anilines is 2. The van der Waals surface area contributed by atoms with Gasteiger partial charge in [-0.05, 0) is 99.4 Å². The van der Waals surface area contributed by atoms with Crippen molar-refractivity contribution in [1.29, 1.82) is 0 Å². The second-order valence-corrected chi connectivity index (χ2v) is 11.5. The molecule has 1 saturated heterocycles. The van der Waals surface area contributed by atoms with Crippen molar-refractivity contribution in [2.45, 2.75) is 64.0 Å². The van der Waals surface area contributed by atoms with Crippen molar-refractivity contribution in [2.75, 3.05) is 43.5 Å². The van der Waals surface area contributed by atoms with E-state index in [0.29, 0.717) is 31.7 Å². The van der Waals surface area contributed by atoms with Gasteiger partial charge in [0.25, 0.3) is 10.2 Å². The number of methoxy groups -OCH3 is 1. The molecule has 2 aromatic rings. The number of aromatic nitrogens is 2. The van der Waals surface area contributed by atoms with E-state index >= 15 is 0 Å². The summed E-state index contributed by atoms with van der Waals surface area (Å²) in [6.07, 6.45) is 10.4. The number of fused-ring (bicyclic) bond motifs is 2. The molecule has 0 saturated carbocycles. The first-order valence-electron chi connectivity index (χ1n) is 12.8. The summed E-state index contributed by atoms with van der Waals surface area (Å²) < 4.78 is 39.1. The number of nitrogens with zero attached hydrogens (tertiary/aromatic N) is 5. The number of urea groups is 1. The molecule has 2 aliphatic carbocycles. The van der Waals surface area contributed by atoms with E-state index in [-0.39, 0.29) is 35.6 Å². The summed E-state index contributed by atoms with van der Waals surface area (Å²) in [4.78, 5) is 15.3. The molecule has 1 aromatic carbocycles. The summed E-state index contributed by atoms with van der Waals surface area (Å²) in [5.41, 5.74) is 6.03. The Kier molecular flexibility index (Phi) is 9.24. The molecule has 5 rings (SSSR count). The SMILES string of the molecule is COCCn1cc(N(C2CCN(C)CC2)S(=O)(=O)[N-]C(=O)Nc2c3c(cc4c2CCC4)CCC3)cn1.[Na+]. The predicted octanol–water partition coefficient (Wildman–Crippen LogP) is 0.262. The van der Waals surface area contributed by atoms with Gasteiger partial charge in [0.15, 0.2) is 6.03 Å². The summed E-state index contributed by atoms with van der Waals surface area (Å²) in [5, 5.41) is 7.19. The van der Waals surface area contributed by atoms with Crippen molar-refractivity contribution in [3.8, 4) is 0 Å². The van der Waals surface area contributed by atoms with Crippen LogP contribution in [0.3, 0.4) is 0 Å². The fourth-order valence-electron chi connectivity index (χ4n) is 5.78. The van der Waals surface area contributed by atoms with Crippen molar-refractivity contribution in [1.82, 2.24) is 14.7 Å². The van der Waals surface area contributed by atoms with Crippen molar-refractivity contribution >= 4 is 27.6 Å². The van der Waals surface area contributed by atoms with Gasteiger partial charge in [0, 0.05) is 19.3 Å². The smallest absolute Gasteiger partial charge is 0.423 e. The van der Waals surface area contributed by atoms with Gasteiger partial charge in [-0.15, -0.1) is 0 Å². The standard InChI is InChI=1S/C25H36N6O4S.Na/c1-29-11-9-20(10-12-29)31(21-16-26-30(17-21)13-14-35-2)36(33,34)28-25(32)27-24-22-7-3-5-18(22)15-19-6-4-8-23(19)24;/h15-17,20H,3-14H2,1-2H3,(H2,27,28,32);/q;+1/p-1. The van der Waals surface area contributed by atoms with E-state index in [9.17, 15) is 13.2 Å². The molecule has 0 bridgehead atoms. The number of hydrogen-bond acceptors (Lipinski definition) is 6. The fourth-order valence-corrected chi connectivity index (χ4v) is 7.07. The van der Waals surface area contributed by atoms with Gasteiger partial charge in [-0.2, -0.15) is 5.10 Å². The van der Waals surface area contributed by atoms with Gasteiger partial charge in [0.05, 0.1) is 25.0 Å². The molecule has 196 valence electrons. The Balaban J connectivity index is 0.00000320. The van der Waals surface area contributed by atoms with Crippen molar-refractivity contribution in [3.05, 3.63) is 45.4 Å². The van der Waals surface area contributed by atoms with Crippen molar-refractivity contribution in [2.24, 2.45) is 0 Å². The number of benzene rings is 1. The Morgan fingerprint density at radius 1 is 1.16 bits per heavy atom. The van der Waals surface area contributed by atoms with Gasteiger partial charge in [0.1, 0.15) is 0 Å². The molecule has 0 spiro atoms. The van der Waals surface area contributed by atoms with E-state index in [2.05, 4.69) is 26.1 Å². The number of carbonyl (C=O) groups excluding carboxylic acids is 1. The maximum atomic E-state index is 13.6. The molecule has 3 aliphatic rings. The average molecular weight is 539 g/mol. The number of hydrogen-bond donors (Lipinski definition) is 1. The third-order valence-corrected chi connectivity index (χ3v) is 8.97. The van der Waals surface area contributed by atoms with Crippen LogP contribution in [0.5, 0.6) is 0 Å². The van der Waals surface area contributed by atoms with Crippen LogP contribution in [0.4, 0.5) is 16.2 Å². The van der Waals surface area contributed by atoms with Gasteiger partial charge >= 0.3 is 29.6 Å². The number of aryl methyl sites for hydroxylation is 2. The molecule has 1 fully saturated rings. The van der Waals surface area contributed by atoms with Crippen molar-refractivity contribution in [3.63, 3.8) is 0 Å². The third kappa shape index (κ3) is 6.17. The Morgan fingerprint density at radius 3 is 2.43 bits per heavy atom. The second kappa shape index (κ2) is 12.0. The van der Waals surface area contributed by atoms with Gasteiger partial charge in [-0.25, -0.2) is 8.42 Å².